The molecule has 0 aliphatic rings. The molecule has 0 aliphatic heterocycles. The molecule has 2 amide bonds. The van der Waals surface area contributed by atoms with E-state index in [1.165, 1.54) is 18.1 Å². The van der Waals surface area contributed by atoms with Gasteiger partial charge in [-0.25, -0.2) is 9.18 Å². The molecule has 1 rings (SSSR count). The van der Waals surface area contributed by atoms with Crippen molar-refractivity contribution in [2.24, 2.45) is 0 Å². The fourth-order valence-electron chi connectivity index (χ4n) is 2.44. The highest BCUT2D eigenvalue weighted by Crippen LogP contribution is 2.36. The summed E-state index contributed by atoms with van der Waals surface area (Å²) in [6.45, 7) is 11.1. The Labute approximate surface area is 185 Å². The standard InChI is InChI=1S/C21H34ClFN2O4Si/c1-21(2,3)30(6,7)29-14-16(11-12-18(26)28-5)25(4)20(27)24-13-15-9-8-10-17(23)19(15)22/h8-10,16H,11-14H2,1-7H3,(H,24,27). The fourth-order valence-corrected chi connectivity index (χ4v) is 3.68. The average molecular weight is 461 g/mol. The number of nitrogens with one attached hydrogen (secondary N) is 1. The van der Waals surface area contributed by atoms with Crippen LogP contribution in [0, 0.1) is 5.82 Å². The van der Waals surface area contributed by atoms with Crippen LogP contribution >= 0.6 is 11.6 Å². The van der Waals surface area contributed by atoms with Crippen LogP contribution < -0.4 is 5.32 Å². The van der Waals surface area contributed by atoms with Gasteiger partial charge in [-0.2, -0.15) is 0 Å². The predicted molar refractivity (Wildman–Crippen MR) is 120 cm³/mol. The minimum Gasteiger partial charge on any atom is -0.469 e. The number of ether oxygens (including phenoxy) is 1. The number of amides is 2. The summed E-state index contributed by atoms with van der Waals surface area (Å²) in [6.07, 6.45) is 0.585. The molecule has 0 saturated heterocycles. The highest BCUT2D eigenvalue weighted by Gasteiger charge is 2.38. The van der Waals surface area contributed by atoms with Crippen molar-refractivity contribution in [2.75, 3.05) is 20.8 Å². The molecule has 170 valence electrons. The van der Waals surface area contributed by atoms with E-state index in [2.05, 4.69) is 39.2 Å². The first-order valence-electron chi connectivity index (χ1n) is 9.94. The Balaban J connectivity index is 2.83. The third-order valence-corrected chi connectivity index (χ3v) is 10.6. The van der Waals surface area contributed by atoms with E-state index in [-0.39, 0.29) is 41.1 Å². The van der Waals surface area contributed by atoms with E-state index in [1.807, 2.05) is 0 Å². The number of rotatable bonds is 9. The van der Waals surface area contributed by atoms with Crippen molar-refractivity contribution in [2.45, 2.75) is 64.3 Å². The van der Waals surface area contributed by atoms with Gasteiger partial charge in [0.2, 0.25) is 0 Å². The molecule has 0 spiro atoms. The number of likely N-dealkylation sites (N-methyl/N-ethyl adjacent to an activating group) is 1. The van der Waals surface area contributed by atoms with Crippen molar-refractivity contribution >= 4 is 31.9 Å². The van der Waals surface area contributed by atoms with Crippen LogP contribution in [-0.4, -0.2) is 52.0 Å². The Bertz CT molecular complexity index is 740. The molecule has 1 atom stereocenters. The van der Waals surface area contributed by atoms with Gasteiger partial charge in [0.25, 0.3) is 0 Å². The Hall–Kier alpha value is -1.64. The molecule has 6 nitrogen and oxygen atoms in total. The number of halogens is 2. The highest BCUT2D eigenvalue weighted by molar-refractivity contribution is 6.74. The number of hydrogen-bond donors (Lipinski definition) is 1. The quantitative estimate of drug-likeness (QED) is 0.417. The molecule has 9 heteroatoms. The van der Waals surface area contributed by atoms with Gasteiger partial charge < -0.3 is 19.4 Å². The molecule has 1 N–H and O–H groups in total. The second kappa shape index (κ2) is 11.1. The normalized spacial score (nSPS) is 13.0. The lowest BCUT2D eigenvalue weighted by atomic mass is 10.1. The summed E-state index contributed by atoms with van der Waals surface area (Å²) < 4.78 is 24.6. The lowest BCUT2D eigenvalue weighted by Crippen LogP contribution is -2.49. The minimum absolute atomic E-state index is 0.0102. The molecule has 0 aliphatic carbocycles. The smallest absolute Gasteiger partial charge is 0.317 e. The van der Waals surface area contributed by atoms with Crippen LogP contribution in [0.25, 0.3) is 0 Å². The van der Waals surface area contributed by atoms with E-state index in [4.69, 9.17) is 20.8 Å². The number of methoxy groups -OCH3 is 1. The first-order chi connectivity index (χ1) is 13.8. The molecular weight excluding hydrogens is 427 g/mol. The Kier molecular flexibility index (Phi) is 9.77. The van der Waals surface area contributed by atoms with Crippen LogP contribution in [0.2, 0.25) is 23.2 Å². The molecule has 0 aromatic heterocycles. The molecular formula is C21H34ClFN2O4Si. The number of benzene rings is 1. The van der Waals surface area contributed by atoms with Gasteiger partial charge >= 0.3 is 12.0 Å². The number of carbonyl (C=O) groups is 2. The van der Waals surface area contributed by atoms with Crippen molar-refractivity contribution in [3.05, 3.63) is 34.6 Å². The molecule has 0 heterocycles. The van der Waals surface area contributed by atoms with E-state index in [9.17, 15) is 14.0 Å². The molecule has 30 heavy (non-hydrogen) atoms. The Morgan fingerprint density at radius 1 is 1.30 bits per heavy atom. The second-order valence-electron chi connectivity index (χ2n) is 8.82. The largest absolute Gasteiger partial charge is 0.469 e. The first-order valence-corrected chi connectivity index (χ1v) is 13.2. The third kappa shape index (κ3) is 7.56. The van der Waals surface area contributed by atoms with Gasteiger partial charge in [-0.1, -0.05) is 44.5 Å². The average Bonchev–Trinajstić information content (AvgIpc) is 2.67. The molecule has 1 unspecified atom stereocenters. The van der Waals surface area contributed by atoms with Crippen LogP contribution in [0.5, 0.6) is 0 Å². The molecule has 0 radical (unpaired) electrons. The number of hydrogen-bond acceptors (Lipinski definition) is 4. The summed E-state index contributed by atoms with van der Waals surface area (Å²) in [7, 11) is 0.957. The lowest BCUT2D eigenvalue weighted by Gasteiger charge is -2.38. The van der Waals surface area contributed by atoms with Gasteiger partial charge in [0.05, 0.1) is 24.8 Å². The van der Waals surface area contributed by atoms with Gasteiger partial charge in [0.1, 0.15) is 5.82 Å². The zero-order valence-electron chi connectivity index (χ0n) is 19.0. The molecule has 1 aromatic rings. The number of esters is 1. The van der Waals surface area contributed by atoms with E-state index in [0.29, 0.717) is 18.6 Å². The summed E-state index contributed by atoms with van der Waals surface area (Å²) in [6, 6.07) is 3.78. The highest BCUT2D eigenvalue weighted by atomic mass is 35.5. The topological polar surface area (TPSA) is 67.9 Å². The van der Waals surface area contributed by atoms with E-state index in [1.54, 1.807) is 19.2 Å². The van der Waals surface area contributed by atoms with Crippen LogP contribution in [0.4, 0.5) is 9.18 Å². The van der Waals surface area contributed by atoms with Gasteiger partial charge in [0.15, 0.2) is 8.32 Å². The fraction of sp³-hybridized carbons (Fsp3) is 0.619. The summed E-state index contributed by atoms with van der Waals surface area (Å²) in [4.78, 5) is 25.9. The molecule has 0 saturated carbocycles. The van der Waals surface area contributed by atoms with E-state index >= 15 is 0 Å². The number of urea groups is 1. The van der Waals surface area contributed by atoms with E-state index in [0.717, 1.165) is 0 Å². The van der Waals surface area contributed by atoms with Crippen molar-refractivity contribution in [3.63, 3.8) is 0 Å². The zero-order chi connectivity index (χ0) is 23.1. The predicted octanol–water partition coefficient (Wildman–Crippen LogP) is 4.96. The summed E-state index contributed by atoms with van der Waals surface area (Å²) in [5, 5.41) is 2.76. The summed E-state index contributed by atoms with van der Waals surface area (Å²) >= 11 is 5.96. The van der Waals surface area contributed by atoms with Gasteiger partial charge in [-0.15, -0.1) is 0 Å². The summed E-state index contributed by atoms with van der Waals surface area (Å²) in [5.41, 5.74) is 0.488. The maximum absolute atomic E-state index is 13.6. The van der Waals surface area contributed by atoms with Crippen LogP contribution in [0.15, 0.2) is 18.2 Å². The third-order valence-electron chi connectivity index (χ3n) is 5.68. The first kappa shape index (κ1) is 26.4. The second-order valence-corrected chi connectivity index (χ2v) is 14.0. The van der Waals surface area contributed by atoms with Gasteiger partial charge in [-0.3, -0.25) is 4.79 Å². The molecule has 1 aromatic carbocycles. The lowest BCUT2D eigenvalue weighted by molar-refractivity contribution is -0.141. The van der Waals surface area contributed by atoms with Crippen molar-refractivity contribution in [1.29, 1.82) is 0 Å². The Morgan fingerprint density at radius 2 is 1.93 bits per heavy atom. The Morgan fingerprint density at radius 3 is 2.50 bits per heavy atom. The van der Waals surface area contributed by atoms with Crippen LogP contribution in [0.1, 0.15) is 39.2 Å². The minimum atomic E-state index is -2.03. The van der Waals surface area contributed by atoms with E-state index < -0.39 is 14.1 Å². The van der Waals surface area contributed by atoms with Gasteiger partial charge in [-0.05, 0) is 36.2 Å². The monoisotopic (exact) mass is 460 g/mol. The van der Waals surface area contributed by atoms with Crippen LogP contribution in [0.3, 0.4) is 0 Å². The zero-order valence-corrected chi connectivity index (χ0v) is 20.7. The SMILES string of the molecule is COC(=O)CCC(CO[Si](C)(C)C(C)(C)C)N(C)C(=O)NCc1cccc(F)c1Cl. The van der Waals surface area contributed by atoms with Crippen molar-refractivity contribution in [3.8, 4) is 0 Å². The van der Waals surface area contributed by atoms with Crippen molar-refractivity contribution in [1.82, 2.24) is 10.2 Å². The van der Waals surface area contributed by atoms with Crippen LogP contribution in [-0.2, 0) is 20.5 Å². The molecule has 0 bridgehead atoms. The summed E-state index contributed by atoms with van der Waals surface area (Å²) in [5.74, 6) is -0.872. The van der Waals surface area contributed by atoms with Crippen molar-refractivity contribution < 1.29 is 23.1 Å². The number of carbonyl (C=O) groups excluding carboxylic acids is 2. The maximum Gasteiger partial charge on any atom is 0.317 e. The molecule has 0 fully saturated rings. The number of nitrogens with zero attached hydrogens (tertiary/aromatic N) is 1. The maximum atomic E-state index is 13.6. The van der Waals surface area contributed by atoms with Gasteiger partial charge in [0, 0.05) is 20.0 Å².